The summed E-state index contributed by atoms with van der Waals surface area (Å²) in [6.45, 7) is 10.3. The van der Waals surface area contributed by atoms with E-state index in [2.05, 4.69) is 18.9 Å². The molecular formula is C13H25BrN2O3. The molecule has 0 aliphatic rings. The molecule has 0 heterocycles. The topological polar surface area (TPSA) is 69.4 Å². The SMILES string of the molecule is C=C(C)C(=O)OC(CC)[N+](C)(C)C.C=CC(N)=O.[Br-]. The van der Waals surface area contributed by atoms with Gasteiger partial charge in [0.1, 0.15) is 0 Å². The number of nitrogens with two attached hydrogens (primary N) is 1. The van der Waals surface area contributed by atoms with Crippen molar-refractivity contribution in [1.29, 1.82) is 0 Å². The Balaban J connectivity index is -0.000000366. The van der Waals surface area contributed by atoms with Gasteiger partial charge in [0.05, 0.1) is 21.1 Å². The Labute approximate surface area is 126 Å². The lowest BCUT2D eigenvalue weighted by Crippen LogP contribution is -3.00. The standard InChI is InChI=1S/C10H20NO2.C3H5NO.BrH/c1-7-9(11(4,5)6)13-10(12)8(2)3;1-2-3(4)5;/h9H,2,7H2,1,3-6H3;2H,1H2,(H2,4,5);1H/q+1;;/p-1. The fourth-order valence-corrected chi connectivity index (χ4v) is 1.01. The summed E-state index contributed by atoms with van der Waals surface area (Å²) in [4.78, 5) is 20.7. The number of halogens is 1. The van der Waals surface area contributed by atoms with Crippen LogP contribution in [0, 0.1) is 0 Å². The highest BCUT2D eigenvalue weighted by atomic mass is 79.9. The predicted molar refractivity (Wildman–Crippen MR) is 72.4 cm³/mol. The van der Waals surface area contributed by atoms with Crippen molar-refractivity contribution in [2.75, 3.05) is 21.1 Å². The largest absolute Gasteiger partial charge is 1.00 e. The lowest BCUT2D eigenvalue weighted by molar-refractivity contribution is -0.916. The monoisotopic (exact) mass is 336 g/mol. The number of esters is 1. The lowest BCUT2D eigenvalue weighted by atomic mass is 10.3. The average Bonchev–Trinajstić information content (AvgIpc) is 2.24. The Bertz CT molecular complexity index is 322. The molecule has 0 fully saturated rings. The second-order valence-electron chi connectivity index (χ2n) is 4.77. The van der Waals surface area contributed by atoms with Crippen molar-refractivity contribution in [3.63, 3.8) is 0 Å². The van der Waals surface area contributed by atoms with Crippen molar-refractivity contribution < 1.29 is 35.8 Å². The first-order valence-corrected chi connectivity index (χ1v) is 5.65. The van der Waals surface area contributed by atoms with E-state index < -0.39 is 5.91 Å². The van der Waals surface area contributed by atoms with E-state index in [9.17, 15) is 9.59 Å². The van der Waals surface area contributed by atoms with Gasteiger partial charge in [-0.2, -0.15) is 0 Å². The Morgan fingerprint density at radius 2 is 1.74 bits per heavy atom. The molecule has 1 atom stereocenters. The van der Waals surface area contributed by atoms with Crippen molar-refractivity contribution in [2.45, 2.75) is 26.5 Å². The van der Waals surface area contributed by atoms with Crippen molar-refractivity contribution in [1.82, 2.24) is 0 Å². The molecule has 0 rings (SSSR count). The molecule has 112 valence electrons. The molecule has 1 unspecified atom stereocenters. The molecule has 0 aliphatic carbocycles. The summed E-state index contributed by atoms with van der Waals surface area (Å²) in [6, 6.07) is 0. The highest BCUT2D eigenvalue weighted by Gasteiger charge is 2.25. The van der Waals surface area contributed by atoms with Gasteiger partial charge in [-0.05, 0) is 13.0 Å². The first-order chi connectivity index (χ1) is 8.06. The summed E-state index contributed by atoms with van der Waals surface area (Å²) in [5, 5.41) is 0. The molecule has 0 aromatic rings. The third-order valence-corrected chi connectivity index (χ3v) is 2.01. The maximum absolute atomic E-state index is 11.2. The maximum atomic E-state index is 11.2. The third-order valence-electron chi connectivity index (χ3n) is 2.01. The molecular weight excluding hydrogens is 312 g/mol. The molecule has 0 bridgehead atoms. The number of nitrogens with zero attached hydrogens (tertiary/aromatic N) is 1. The molecule has 0 saturated heterocycles. The van der Waals surface area contributed by atoms with Crippen LogP contribution in [0.3, 0.4) is 0 Å². The van der Waals surface area contributed by atoms with Gasteiger partial charge in [-0.25, -0.2) is 4.79 Å². The molecule has 0 aromatic carbocycles. The number of carbonyl (C=O) groups excluding carboxylic acids is 2. The average molecular weight is 337 g/mol. The Morgan fingerprint density at radius 1 is 1.37 bits per heavy atom. The number of hydrogen-bond donors (Lipinski definition) is 1. The van der Waals surface area contributed by atoms with Gasteiger partial charge in [-0.3, -0.25) is 9.28 Å². The molecule has 0 spiro atoms. The van der Waals surface area contributed by atoms with E-state index in [1.807, 2.05) is 28.1 Å². The highest BCUT2D eigenvalue weighted by Crippen LogP contribution is 2.10. The van der Waals surface area contributed by atoms with Gasteiger partial charge in [0.25, 0.3) is 0 Å². The first-order valence-electron chi connectivity index (χ1n) is 5.65. The Kier molecular flexibility index (Phi) is 13.0. The van der Waals surface area contributed by atoms with Crippen molar-refractivity contribution in [2.24, 2.45) is 5.73 Å². The molecule has 0 aliphatic heterocycles. The second-order valence-corrected chi connectivity index (χ2v) is 4.77. The van der Waals surface area contributed by atoms with Gasteiger partial charge in [0.2, 0.25) is 12.1 Å². The van der Waals surface area contributed by atoms with Crippen molar-refractivity contribution in [3.8, 4) is 0 Å². The fourth-order valence-electron chi connectivity index (χ4n) is 1.01. The summed E-state index contributed by atoms with van der Waals surface area (Å²) in [7, 11) is 6.00. The van der Waals surface area contributed by atoms with Crippen LogP contribution in [0.1, 0.15) is 20.3 Å². The van der Waals surface area contributed by atoms with Crippen LogP contribution in [-0.4, -0.2) is 43.7 Å². The van der Waals surface area contributed by atoms with E-state index in [0.717, 1.165) is 12.5 Å². The summed E-state index contributed by atoms with van der Waals surface area (Å²) < 4.78 is 5.88. The predicted octanol–water partition coefficient (Wildman–Crippen LogP) is -1.79. The minimum Gasteiger partial charge on any atom is -1.00 e. The molecule has 0 saturated carbocycles. The summed E-state index contributed by atoms with van der Waals surface area (Å²) >= 11 is 0. The quantitative estimate of drug-likeness (QED) is 0.279. The van der Waals surface area contributed by atoms with Crippen LogP contribution in [0.25, 0.3) is 0 Å². The van der Waals surface area contributed by atoms with Crippen LogP contribution < -0.4 is 22.7 Å². The number of quaternary nitrogens is 1. The van der Waals surface area contributed by atoms with E-state index in [0.29, 0.717) is 10.1 Å². The zero-order valence-electron chi connectivity index (χ0n) is 12.4. The summed E-state index contributed by atoms with van der Waals surface area (Å²) in [6.07, 6.45) is 1.77. The number of rotatable bonds is 5. The van der Waals surface area contributed by atoms with E-state index >= 15 is 0 Å². The van der Waals surface area contributed by atoms with Crippen molar-refractivity contribution >= 4 is 11.9 Å². The summed E-state index contributed by atoms with van der Waals surface area (Å²) in [5.74, 6) is -0.787. The van der Waals surface area contributed by atoms with Crippen LogP contribution in [0.2, 0.25) is 0 Å². The molecule has 1 amide bonds. The molecule has 2 N–H and O–H groups in total. The third kappa shape index (κ3) is 13.1. The molecule has 0 radical (unpaired) electrons. The number of hydrogen-bond acceptors (Lipinski definition) is 3. The molecule has 0 aromatic heterocycles. The van der Waals surface area contributed by atoms with Crippen LogP contribution >= 0.6 is 0 Å². The van der Waals surface area contributed by atoms with Gasteiger partial charge in [-0.15, -0.1) is 0 Å². The molecule has 19 heavy (non-hydrogen) atoms. The normalized spacial score (nSPS) is 11.0. The van der Waals surface area contributed by atoms with E-state index in [4.69, 9.17) is 4.74 Å². The van der Waals surface area contributed by atoms with Gasteiger partial charge in [-0.1, -0.05) is 20.1 Å². The van der Waals surface area contributed by atoms with Gasteiger partial charge in [0, 0.05) is 12.0 Å². The van der Waals surface area contributed by atoms with Crippen LogP contribution in [0.5, 0.6) is 0 Å². The minimum absolute atomic E-state index is 0. The fraction of sp³-hybridized carbons (Fsp3) is 0.538. The van der Waals surface area contributed by atoms with Crippen LogP contribution in [-0.2, 0) is 14.3 Å². The summed E-state index contributed by atoms with van der Waals surface area (Å²) in [5.41, 5.74) is 4.99. The minimum atomic E-state index is -0.481. The molecule has 5 nitrogen and oxygen atoms in total. The van der Waals surface area contributed by atoms with E-state index in [1.54, 1.807) is 6.92 Å². The molecule has 6 heteroatoms. The van der Waals surface area contributed by atoms with Gasteiger partial charge < -0.3 is 27.5 Å². The zero-order chi connectivity index (χ0) is 14.9. The zero-order valence-corrected chi connectivity index (χ0v) is 14.0. The van der Waals surface area contributed by atoms with Gasteiger partial charge in [0.15, 0.2) is 0 Å². The Morgan fingerprint density at radius 3 is 1.89 bits per heavy atom. The highest BCUT2D eigenvalue weighted by molar-refractivity contribution is 5.87. The van der Waals surface area contributed by atoms with E-state index in [-0.39, 0.29) is 29.2 Å². The van der Waals surface area contributed by atoms with Crippen molar-refractivity contribution in [3.05, 3.63) is 24.8 Å². The number of amides is 1. The number of carbonyl (C=O) groups is 2. The number of ether oxygens (including phenoxy) is 1. The Hall–Kier alpha value is -1.14. The maximum Gasteiger partial charge on any atom is 0.337 e. The number of primary amides is 1. The van der Waals surface area contributed by atoms with Gasteiger partial charge >= 0.3 is 5.97 Å². The van der Waals surface area contributed by atoms with Crippen LogP contribution in [0.4, 0.5) is 0 Å². The smallest absolute Gasteiger partial charge is 0.337 e. The first kappa shape index (κ1) is 23.0. The van der Waals surface area contributed by atoms with E-state index in [1.165, 1.54) is 0 Å². The van der Waals surface area contributed by atoms with Crippen LogP contribution in [0.15, 0.2) is 24.8 Å². The lowest BCUT2D eigenvalue weighted by Gasteiger charge is -2.32. The second kappa shape index (κ2) is 10.8.